The molecule has 33 heavy (non-hydrogen) atoms. The van der Waals surface area contributed by atoms with Crippen LogP contribution < -0.4 is 5.32 Å². The fraction of sp³-hybridized carbons (Fsp3) is 0.333. The number of piperidine rings is 1. The van der Waals surface area contributed by atoms with E-state index < -0.39 is 5.41 Å². The lowest BCUT2D eigenvalue weighted by Crippen LogP contribution is -2.51. The van der Waals surface area contributed by atoms with Crippen molar-refractivity contribution in [2.75, 3.05) is 19.6 Å². The molecule has 170 valence electrons. The lowest BCUT2D eigenvalue weighted by atomic mass is 9.72. The lowest BCUT2D eigenvalue weighted by Gasteiger charge is -2.41. The van der Waals surface area contributed by atoms with Crippen LogP contribution in [-0.4, -0.2) is 46.3 Å². The molecule has 0 saturated carbocycles. The van der Waals surface area contributed by atoms with Gasteiger partial charge in [-0.3, -0.25) is 19.6 Å². The van der Waals surface area contributed by atoms with E-state index in [2.05, 4.69) is 34.3 Å². The average molecular weight is 443 g/mol. The Balaban J connectivity index is 1.59. The smallest absolute Gasteiger partial charge is 0.253 e. The van der Waals surface area contributed by atoms with Crippen molar-refractivity contribution in [1.29, 1.82) is 0 Å². The van der Waals surface area contributed by atoms with Gasteiger partial charge in [0.25, 0.3) is 5.91 Å². The third kappa shape index (κ3) is 5.11. The second-order valence-corrected chi connectivity index (χ2v) is 8.64. The minimum atomic E-state index is -0.553. The number of likely N-dealkylation sites (tertiary alicyclic amines) is 1. The van der Waals surface area contributed by atoms with E-state index in [0.29, 0.717) is 44.5 Å². The average Bonchev–Trinajstić information content (AvgIpc) is 2.88. The molecule has 1 saturated heterocycles. The summed E-state index contributed by atoms with van der Waals surface area (Å²) in [4.78, 5) is 36.5. The van der Waals surface area contributed by atoms with Crippen molar-refractivity contribution in [3.63, 3.8) is 0 Å². The Kier molecular flexibility index (Phi) is 7.13. The van der Waals surface area contributed by atoms with Crippen molar-refractivity contribution in [2.24, 2.45) is 5.41 Å². The normalized spacial score (nSPS) is 15.1. The lowest BCUT2D eigenvalue weighted by molar-refractivity contribution is -0.133. The van der Waals surface area contributed by atoms with Gasteiger partial charge in [0, 0.05) is 55.5 Å². The van der Waals surface area contributed by atoms with Crippen LogP contribution >= 0.6 is 0 Å². The van der Waals surface area contributed by atoms with Crippen molar-refractivity contribution in [3.8, 4) is 11.1 Å². The van der Waals surface area contributed by atoms with Gasteiger partial charge in [0.1, 0.15) is 0 Å². The summed E-state index contributed by atoms with van der Waals surface area (Å²) in [7, 11) is 0. The Hall–Kier alpha value is -3.54. The quantitative estimate of drug-likeness (QED) is 0.597. The van der Waals surface area contributed by atoms with E-state index in [-0.39, 0.29) is 11.8 Å². The molecule has 1 aliphatic rings. The van der Waals surface area contributed by atoms with E-state index in [1.54, 1.807) is 30.7 Å². The van der Waals surface area contributed by atoms with Gasteiger partial charge in [0.2, 0.25) is 5.91 Å². The molecule has 3 aromatic rings. The van der Waals surface area contributed by atoms with E-state index in [9.17, 15) is 9.59 Å². The largest absolute Gasteiger partial charge is 0.356 e. The topological polar surface area (TPSA) is 75.2 Å². The highest BCUT2D eigenvalue weighted by molar-refractivity contribution is 5.94. The fourth-order valence-electron chi connectivity index (χ4n) is 4.57. The van der Waals surface area contributed by atoms with E-state index in [1.165, 1.54) is 0 Å². The Morgan fingerprint density at radius 1 is 0.970 bits per heavy atom. The van der Waals surface area contributed by atoms with Crippen molar-refractivity contribution < 1.29 is 9.59 Å². The molecule has 4 rings (SSSR count). The summed E-state index contributed by atoms with van der Waals surface area (Å²) >= 11 is 0. The highest BCUT2D eigenvalue weighted by atomic mass is 16.2. The van der Waals surface area contributed by atoms with Crippen molar-refractivity contribution in [2.45, 2.75) is 32.6 Å². The molecule has 0 bridgehead atoms. The van der Waals surface area contributed by atoms with Crippen LogP contribution in [0.25, 0.3) is 11.1 Å². The molecule has 1 aromatic carbocycles. The van der Waals surface area contributed by atoms with Gasteiger partial charge < -0.3 is 10.2 Å². The zero-order chi connectivity index (χ0) is 23.1. The van der Waals surface area contributed by atoms with Gasteiger partial charge in [-0.15, -0.1) is 0 Å². The second kappa shape index (κ2) is 10.4. The maximum atomic E-state index is 13.4. The zero-order valence-corrected chi connectivity index (χ0v) is 19.0. The maximum absolute atomic E-state index is 13.4. The Morgan fingerprint density at radius 2 is 1.73 bits per heavy atom. The van der Waals surface area contributed by atoms with E-state index in [4.69, 9.17) is 0 Å². The Morgan fingerprint density at radius 3 is 2.42 bits per heavy atom. The predicted octanol–water partition coefficient (Wildman–Crippen LogP) is 4.13. The predicted molar refractivity (Wildman–Crippen MR) is 128 cm³/mol. The molecule has 2 aromatic heterocycles. The summed E-state index contributed by atoms with van der Waals surface area (Å²) < 4.78 is 0. The molecule has 3 heterocycles. The van der Waals surface area contributed by atoms with Crippen LogP contribution in [0.4, 0.5) is 0 Å². The number of benzene rings is 1. The third-order valence-corrected chi connectivity index (χ3v) is 6.47. The molecule has 6 nitrogen and oxygen atoms in total. The highest BCUT2D eigenvalue weighted by Crippen LogP contribution is 2.38. The molecular weight excluding hydrogens is 412 g/mol. The van der Waals surface area contributed by atoms with Crippen LogP contribution in [0.5, 0.6) is 0 Å². The summed E-state index contributed by atoms with van der Waals surface area (Å²) in [5, 5.41) is 3.14. The summed E-state index contributed by atoms with van der Waals surface area (Å²) in [6, 6.07) is 15.7. The molecule has 0 aliphatic carbocycles. The van der Waals surface area contributed by atoms with E-state index in [0.717, 1.165) is 23.1 Å². The molecule has 0 atom stereocenters. The van der Waals surface area contributed by atoms with E-state index in [1.807, 2.05) is 35.4 Å². The zero-order valence-electron chi connectivity index (χ0n) is 19.0. The SMILES string of the molecule is CCCNC(=O)C1(Cc2ccccc2-c2cccnc2)CCN(C(=O)c2ccncc2)CC1. The second-order valence-electron chi connectivity index (χ2n) is 8.64. The number of amides is 2. The monoisotopic (exact) mass is 442 g/mol. The molecule has 0 radical (unpaired) electrons. The van der Waals surface area contributed by atoms with Crippen molar-refractivity contribution in [1.82, 2.24) is 20.2 Å². The number of aromatic nitrogens is 2. The van der Waals surface area contributed by atoms with Crippen LogP contribution in [0.3, 0.4) is 0 Å². The van der Waals surface area contributed by atoms with Crippen molar-refractivity contribution in [3.05, 3.63) is 84.4 Å². The fourth-order valence-corrected chi connectivity index (χ4v) is 4.57. The summed E-state index contributed by atoms with van der Waals surface area (Å²) in [6.45, 7) is 3.82. The molecule has 1 N–H and O–H groups in total. The Bertz CT molecular complexity index is 1080. The number of nitrogens with one attached hydrogen (secondary N) is 1. The minimum Gasteiger partial charge on any atom is -0.356 e. The molecular formula is C27H30N4O2. The first-order valence-corrected chi connectivity index (χ1v) is 11.6. The maximum Gasteiger partial charge on any atom is 0.253 e. The first kappa shape index (κ1) is 22.6. The first-order chi connectivity index (χ1) is 16.1. The van der Waals surface area contributed by atoms with Gasteiger partial charge in [-0.25, -0.2) is 0 Å². The Labute approximate surface area is 195 Å². The number of rotatable bonds is 7. The number of carbonyl (C=O) groups is 2. The molecule has 1 fully saturated rings. The van der Waals surface area contributed by atoms with Gasteiger partial charge >= 0.3 is 0 Å². The van der Waals surface area contributed by atoms with Crippen molar-refractivity contribution >= 4 is 11.8 Å². The van der Waals surface area contributed by atoms with Crippen LogP contribution in [0.1, 0.15) is 42.1 Å². The highest BCUT2D eigenvalue weighted by Gasteiger charge is 2.42. The number of pyridine rings is 2. The standard InChI is InChI=1S/C27H30N4O2/c1-2-13-30-26(33)27(11-17-31(18-12-27)25(32)21-9-15-28-16-10-21)19-22-6-3-4-8-24(22)23-7-5-14-29-20-23/h3-10,14-16,20H,2,11-13,17-19H2,1H3,(H,30,33). The van der Waals surface area contributed by atoms with Gasteiger partial charge in [-0.05, 0) is 55.0 Å². The molecule has 0 spiro atoms. The van der Waals surface area contributed by atoms with Gasteiger partial charge in [0.05, 0.1) is 5.41 Å². The van der Waals surface area contributed by atoms with Crippen LogP contribution in [0.2, 0.25) is 0 Å². The number of hydrogen-bond donors (Lipinski definition) is 1. The van der Waals surface area contributed by atoms with Crippen LogP contribution in [0, 0.1) is 5.41 Å². The molecule has 0 unspecified atom stereocenters. The van der Waals surface area contributed by atoms with Gasteiger partial charge in [0.15, 0.2) is 0 Å². The molecule has 2 amide bonds. The molecule has 1 aliphatic heterocycles. The number of hydrogen-bond acceptors (Lipinski definition) is 4. The molecule has 6 heteroatoms. The third-order valence-electron chi connectivity index (χ3n) is 6.47. The summed E-state index contributed by atoms with van der Waals surface area (Å²) in [6.07, 6.45) is 9.66. The minimum absolute atomic E-state index is 0.00396. The van der Waals surface area contributed by atoms with E-state index >= 15 is 0 Å². The summed E-state index contributed by atoms with van der Waals surface area (Å²) in [5.41, 5.74) is 3.36. The summed E-state index contributed by atoms with van der Waals surface area (Å²) in [5.74, 6) is 0.0806. The van der Waals surface area contributed by atoms with Gasteiger partial charge in [-0.2, -0.15) is 0 Å². The van der Waals surface area contributed by atoms with Crippen LogP contribution in [-0.2, 0) is 11.2 Å². The van der Waals surface area contributed by atoms with Crippen LogP contribution in [0.15, 0.2) is 73.3 Å². The number of carbonyl (C=O) groups excluding carboxylic acids is 2. The first-order valence-electron chi connectivity index (χ1n) is 11.6. The number of nitrogens with zero attached hydrogens (tertiary/aromatic N) is 3. The van der Waals surface area contributed by atoms with Gasteiger partial charge in [-0.1, -0.05) is 37.3 Å².